The summed E-state index contributed by atoms with van der Waals surface area (Å²) >= 11 is 0. The highest BCUT2D eigenvalue weighted by molar-refractivity contribution is 5.98. The number of hydrogen-bond acceptors (Lipinski definition) is 6. The molecule has 4 rings (SSSR count). The minimum Gasteiger partial charge on any atom is -0.394 e. The number of amides is 1. The van der Waals surface area contributed by atoms with E-state index in [1.807, 2.05) is 6.21 Å². The van der Waals surface area contributed by atoms with Crippen LogP contribution in [0.4, 0.5) is 10.3 Å². The van der Waals surface area contributed by atoms with Crippen molar-refractivity contribution >= 4 is 29.0 Å². The molecule has 1 aliphatic carbocycles. The summed E-state index contributed by atoms with van der Waals surface area (Å²) in [5.41, 5.74) is 1.12. The van der Waals surface area contributed by atoms with Gasteiger partial charge in [-0.25, -0.2) is 19.4 Å². The SMILES string of the molecule is O=C(NC(CO)c1ccccc1F)c1ccc2cnc(/N=C/C3CCC(O)CC3)nc2c1. The van der Waals surface area contributed by atoms with E-state index in [0.717, 1.165) is 31.1 Å². The number of rotatable bonds is 6. The number of carbonyl (C=O) groups is 1. The van der Waals surface area contributed by atoms with Gasteiger partial charge in [0.25, 0.3) is 5.91 Å². The molecule has 3 aromatic rings. The molecule has 0 radical (unpaired) electrons. The number of benzene rings is 2. The maximum atomic E-state index is 14.1. The molecule has 3 N–H and O–H groups in total. The van der Waals surface area contributed by atoms with E-state index in [0.29, 0.717) is 22.9 Å². The first kappa shape index (κ1) is 22.0. The monoisotopic (exact) mass is 436 g/mol. The molecule has 0 aliphatic heterocycles. The Morgan fingerprint density at radius 3 is 2.75 bits per heavy atom. The van der Waals surface area contributed by atoms with Crippen LogP contribution in [0.1, 0.15) is 47.6 Å². The van der Waals surface area contributed by atoms with E-state index >= 15 is 0 Å². The maximum absolute atomic E-state index is 14.1. The van der Waals surface area contributed by atoms with E-state index in [4.69, 9.17) is 0 Å². The van der Waals surface area contributed by atoms with Crippen molar-refractivity contribution in [2.45, 2.75) is 37.8 Å². The molecule has 166 valence electrons. The van der Waals surface area contributed by atoms with Crippen LogP contribution in [0.5, 0.6) is 0 Å². The lowest BCUT2D eigenvalue weighted by molar-refractivity contribution is 0.0915. The number of hydrogen-bond donors (Lipinski definition) is 3. The van der Waals surface area contributed by atoms with Crippen LogP contribution in [0.2, 0.25) is 0 Å². The third kappa shape index (κ3) is 5.15. The number of carbonyl (C=O) groups excluding carboxylic acids is 1. The van der Waals surface area contributed by atoms with E-state index < -0.39 is 24.4 Å². The van der Waals surface area contributed by atoms with E-state index in [-0.39, 0.29) is 11.7 Å². The maximum Gasteiger partial charge on any atom is 0.251 e. The molecular weight excluding hydrogens is 411 g/mol. The van der Waals surface area contributed by atoms with Crippen molar-refractivity contribution in [3.8, 4) is 0 Å². The normalized spacial score (nSPS) is 19.8. The molecule has 7 nitrogen and oxygen atoms in total. The minimum absolute atomic E-state index is 0.218. The Morgan fingerprint density at radius 2 is 2.00 bits per heavy atom. The molecule has 8 heteroatoms. The van der Waals surface area contributed by atoms with Gasteiger partial charge in [0.1, 0.15) is 5.82 Å². The summed E-state index contributed by atoms with van der Waals surface area (Å²) in [4.78, 5) is 25.8. The van der Waals surface area contributed by atoms with Crippen LogP contribution in [-0.4, -0.2) is 45.0 Å². The summed E-state index contributed by atoms with van der Waals surface area (Å²) in [5, 5.41) is 22.7. The first-order chi connectivity index (χ1) is 15.5. The van der Waals surface area contributed by atoms with Crippen LogP contribution >= 0.6 is 0 Å². The number of halogens is 1. The third-order valence-corrected chi connectivity index (χ3v) is 5.74. The Bertz CT molecular complexity index is 1130. The fourth-order valence-corrected chi connectivity index (χ4v) is 3.86. The van der Waals surface area contributed by atoms with Gasteiger partial charge in [-0.15, -0.1) is 0 Å². The largest absolute Gasteiger partial charge is 0.394 e. The van der Waals surface area contributed by atoms with Crippen LogP contribution < -0.4 is 5.32 Å². The summed E-state index contributed by atoms with van der Waals surface area (Å²) < 4.78 is 14.1. The van der Waals surface area contributed by atoms with Crippen LogP contribution in [-0.2, 0) is 0 Å². The van der Waals surface area contributed by atoms with Gasteiger partial charge in [0.05, 0.1) is 24.3 Å². The number of aliphatic hydroxyl groups excluding tert-OH is 2. The average molecular weight is 436 g/mol. The third-order valence-electron chi connectivity index (χ3n) is 5.74. The van der Waals surface area contributed by atoms with Gasteiger partial charge in [0, 0.05) is 28.9 Å². The van der Waals surface area contributed by atoms with Gasteiger partial charge in [-0.05, 0) is 49.8 Å². The number of aliphatic imine (C=N–C) groups is 1. The van der Waals surface area contributed by atoms with E-state index in [9.17, 15) is 19.4 Å². The molecule has 0 saturated heterocycles. The first-order valence-corrected chi connectivity index (χ1v) is 10.7. The van der Waals surface area contributed by atoms with E-state index in [2.05, 4.69) is 20.3 Å². The van der Waals surface area contributed by atoms with Crippen LogP contribution in [0.25, 0.3) is 10.9 Å². The van der Waals surface area contributed by atoms with Crippen LogP contribution in [0.3, 0.4) is 0 Å². The van der Waals surface area contributed by atoms with Crippen molar-refractivity contribution in [3.05, 3.63) is 65.6 Å². The molecular formula is C24H25FN4O3. The zero-order chi connectivity index (χ0) is 22.5. The average Bonchev–Trinajstić information content (AvgIpc) is 2.82. The van der Waals surface area contributed by atoms with Gasteiger partial charge < -0.3 is 15.5 Å². The zero-order valence-electron chi connectivity index (χ0n) is 17.5. The minimum atomic E-state index is -0.862. The van der Waals surface area contributed by atoms with Gasteiger partial charge in [0.2, 0.25) is 5.95 Å². The Hall–Kier alpha value is -3.23. The summed E-state index contributed by atoms with van der Waals surface area (Å²) in [6.07, 6.45) is 6.59. The molecule has 1 amide bonds. The van der Waals surface area contributed by atoms with Crippen LogP contribution in [0.15, 0.2) is 53.7 Å². The fraction of sp³-hybridized carbons (Fsp3) is 0.333. The highest BCUT2D eigenvalue weighted by atomic mass is 19.1. The van der Waals surface area contributed by atoms with Crippen molar-refractivity contribution in [1.29, 1.82) is 0 Å². The Balaban J connectivity index is 1.50. The van der Waals surface area contributed by atoms with Crippen molar-refractivity contribution in [3.63, 3.8) is 0 Å². The number of aliphatic hydroxyl groups is 2. The zero-order valence-corrected chi connectivity index (χ0v) is 17.5. The van der Waals surface area contributed by atoms with Gasteiger partial charge in [-0.1, -0.05) is 24.3 Å². The predicted molar refractivity (Wildman–Crippen MR) is 119 cm³/mol. The molecule has 1 heterocycles. The van der Waals surface area contributed by atoms with Crippen molar-refractivity contribution in [1.82, 2.24) is 15.3 Å². The smallest absolute Gasteiger partial charge is 0.251 e. The van der Waals surface area contributed by atoms with Crippen molar-refractivity contribution < 1.29 is 19.4 Å². The molecule has 1 atom stereocenters. The van der Waals surface area contributed by atoms with Crippen molar-refractivity contribution in [2.75, 3.05) is 6.61 Å². The number of nitrogens with one attached hydrogen (secondary N) is 1. The van der Waals surface area contributed by atoms with Gasteiger partial charge >= 0.3 is 0 Å². The van der Waals surface area contributed by atoms with Gasteiger partial charge in [-0.2, -0.15) is 0 Å². The number of nitrogens with zero attached hydrogens (tertiary/aromatic N) is 3. The fourth-order valence-electron chi connectivity index (χ4n) is 3.86. The van der Waals surface area contributed by atoms with Crippen molar-refractivity contribution in [2.24, 2.45) is 10.9 Å². The molecule has 0 bridgehead atoms. The summed E-state index contributed by atoms with van der Waals surface area (Å²) in [6.45, 7) is -0.431. The van der Waals surface area contributed by atoms with E-state index in [1.165, 1.54) is 12.1 Å². The van der Waals surface area contributed by atoms with Crippen LogP contribution in [0, 0.1) is 11.7 Å². The Morgan fingerprint density at radius 1 is 1.22 bits per heavy atom. The first-order valence-electron chi connectivity index (χ1n) is 10.7. The highest BCUT2D eigenvalue weighted by Gasteiger charge is 2.19. The second-order valence-electron chi connectivity index (χ2n) is 8.02. The standard InChI is InChI=1S/C24H25FN4O3/c25-20-4-2-1-3-19(20)22(14-30)28-23(32)16-7-8-17-13-27-24(29-21(17)11-16)26-12-15-5-9-18(31)10-6-15/h1-4,7-8,11-13,15,18,22,30-31H,5-6,9-10,14H2,(H,28,32)/b26-12+. The Kier molecular flexibility index (Phi) is 6.82. The van der Waals surface area contributed by atoms with Gasteiger partial charge in [0.15, 0.2) is 0 Å². The lowest BCUT2D eigenvalue weighted by atomic mass is 9.88. The van der Waals surface area contributed by atoms with Gasteiger partial charge in [-0.3, -0.25) is 4.79 Å². The van der Waals surface area contributed by atoms with E-state index in [1.54, 1.807) is 36.5 Å². The lowest BCUT2D eigenvalue weighted by Crippen LogP contribution is -2.31. The predicted octanol–water partition coefficient (Wildman–Crippen LogP) is 3.49. The highest BCUT2D eigenvalue weighted by Crippen LogP contribution is 2.24. The topological polar surface area (TPSA) is 108 Å². The molecule has 2 aromatic carbocycles. The second kappa shape index (κ2) is 9.93. The lowest BCUT2D eigenvalue weighted by Gasteiger charge is -2.21. The molecule has 32 heavy (non-hydrogen) atoms. The molecule has 1 unspecified atom stereocenters. The molecule has 1 saturated carbocycles. The molecule has 1 aliphatic rings. The number of fused-ring (bicyclic) bond motifs is 1. The summed E-state index contributed by atoms with van der Waals surface area (Å²) in [7, 11) is 0. The molecule has 1 aromatic heterocycles. The quantitative estimate of drug-likeness (QED) is 0.513. The summed E-state index contributed by atoms with van der Waals surface area (Å²) in [6, 6.07) is 10.1. The Labute approximate surface area is 185 Å². The molecule has 1 fully saturated rings. The molecule has 0 spiro atoms. The second-order valence-corrected chi connectivity index (χ2v) is 8.02. The summed E-state index contributed by atoms with van der Waals surface area (Å²) in [5.74, 6) is -0.337. The number of aromatic nitrogens is 2.